The van der Waals surface area contributed by atoms with E-state index in [1.807, 2.05) is 52.0 Å². The minimum absolute atomic E-state index is 0.0920. The van der Waals surface area contributed by atoms with Crippen molar-refractivity contribution in [2.45, 2.75) is 42.9 Å². The number of carbonyl (C=O) groups excluding carboxylic acids is 1. The highest BCUT2D eigenvalue weighted by Gasteiger charge is 2.20. The van der Waals surface area contributed by atoms with Gasteiger partial charge in [-0.15, -0.1) is 0 Å². The summed E-state index contributed by atoms with van der Waals surface area (Å²) >= 11 is 1.37. The number of nitrogens with zero attached hydrogens (tertiary/aromatic N) is 2. The third-order valence-electron chi connectivity index (χ3n) is 5.27. The molecule has 1 atom stereocenters. The van der Waals surface area contributed by atoms with Gasteiger partial charge in [-0.25, -0.2) is 17.7 Å². The van der Waals surface area contributed by atoms with E-state index < -0.39 is 10.0 Å². The summed E-state index contributed by atoms with van der Waals surface area (Å²) in [7, 11) is -0.497. The topological polar surface area (TPSA) is 79.4 Å². The molecule has 0 bridgehead atoms. The van der Waals surface area contributed by atoms with Crippen molar-refractivity contribution in [1.29, 1.82) is 0 Å². The van der Waals surface area contributed by atoms with Crippen molar-refractivity contribution >= 4 is 44.3 Å². The SMILES string of the molecule is Cc1cccc(NC(=O)[C@H](C)Sc2cc(C)c3cc(S(=O)(=O)N(C)C)ccc3n2)c1C. The van der Waals surface area contributed by atoms with Crippen LogP contribution < -0.4 is 5.32 Å². The third kappa shape index (κ3) is 4.92. The summed E-state index contributed by atoms with van der Waals surface area (Å²) in [6.07, 6.45) is 0. The molecular weight excluding hydrogens is 430 g/mol. The van der Waals surface area contributed by atoms with E-state index in [-0.39, 0.29) is 16.1 Å². The van der Waals surface area contributed by atoms with E-state index in [0.29, 0.717) is 5.52 Å². The molecule has 1 amide bonds. The van der Waals surface area contributed by atoms with Crippen LogP contribution in [0.2, 0.25) is 0 Å². The average molecular weight is 458 g/mol. The van der Waals surface area contributed by atoms with E-state index in [0.717, 1.165) is 32.8 Å². The standard InChI is InChI=1S/C23H27N3O3S2/c1-14-8-7-9-20(16(14)3)25-23(27)17(4)30-22-12-15(2)19-13-18(10-11-21(19)24-22)31(28,29)26(5)6/h7-13,17H,1-6H3,(H,25,27)/t17-/m0/s1. The van der Waals surface area contributed by atoms with Crippen LogP contribution >= 0.6 is 11.8 Å². The van der Waals surface area contributed by atoms with Crippen molar-refractivity contribution in [3.63, 3.8) is 0 Å². The predicted octanol–water partition coefficient (Wildman–Crippen LogP) is 4.53. The molecule has 0 unspecified atom stereocenters. The lowest BCUT2D eigenvalue weighted by atomic mass is 10.1. The van der Waals surface area contributed by atoms with Gasteiger partial charge in [0.05, 0.1) is 20.7 Å². The average Bonchev–Trinajstić information content (AvgIpc) is 2.71. The molecule has 0 aliphatic rings. The summed E-state index contributed by atoms with van der Waals surface area (Å²) < 4.78 is 26.0. The summed E-state index contributed by atoms with van der Waals surface area (Å²) in [6, 6.07) is 12.7. The maximum absolute atomic E-state index is 12.7. The van der Waals surface area contributed by atoms with Gasteiger partial charge in [0.15, 0.2) is 0 Å². The molecule has 1 aromatic heterocycles. The summed E-state index contributed by atoms with van der Waals surface area (Å²) in [5.74, 6) is -0.0920. The van der Waals surface area contributed by atoms with Gasteiger partial charge in [-0.2, -0.15) is 0 Å². The molecule has 0 fully saturated rings. The molecule has 0 saturated carbocycles. The maximum Gasteiger partial charge on any atom is 0.242 e. The Hall–Kier alpha value is -2.42. The Morgan fingerprint density at radius 3 is 2.45 bits per heavy atom. The van der Waals surface area contributed by atoms with Crippen LogP contribution in [0.25, 0.3) is 10.9 Å². The maximum atomic E-state index is 12.7. The third-order valence-corrected chi connectivity index (χ3v) is 8.10. The number of hydrogen-bond acceptors (Lipinski definition) is 5. The van der Waals surface area contributed by atoms with Crippen LogP contribution in [-0.4, -0.2) is 43.0 Å². The molecule has 0 aliphatic carbocycles. The molecule has 3 rings (SSSR count). The first kappa shape index (κ1) is 23.2. The number of hydrogen-bond donors (Lipinski definition) is 1. The van der Waals surface area contributed by atoms with Crippen LogP contribution in [0.1, 0.15) is 23.6 Å². The molecule has 0 aliphatic heterocycles. The lowest BCUT2D eigenvalue weighted by molar-refractivity contribution is -0.115. The largest absolute Gasteiger partial charge is 0.325 e. The molecule has 8 heteroatoms. The smallest absolute Gasteiger partial charge is 0.242 e. The number of aromatic nitrogens is 1. The first-order chi connectivity index (χ1) is 14.5. The summed E-state index contributed by atoms with van der Waals surface area (Å²) in [4.78, 5) is 17.6. The fourth-order valence-electron chi connectivity index (χ4n) is 3.13. The zero-order valence-corrected chi connectivity index (χ0v) is 20.2. The Morgan fingerprint density at radius 2 is 1.77 bits per heavy atom. The number of pyridine rings is 1. The Morgan fingerprint density at radius 1 is 1.06 bits per heavy atom. The van der Waals surface area contributed by atoms with Crippen molar-refractivity contribution in [1.82, 2.24) is 9.29 Å². The van der Waals surface area contributed by atoms with Crippen LogP contribution in [0.15, 0.2) is 52.4 Å². The zero-order chi connectivity index (χ0) is 22.9. The van der Waals surface area contributed by atoms with Crippen LogP contribution in [0.4, 0.5) is 5.69 Å². The number of benzene rings is 2. The van der Waals surface area contributed by atoms with Gasteiger partial charge in [0.2, 0.25) is 15.9 Å². The van der Waals surface area contributed by atoms with Gasteiger partial charge < -0.3 is 5.32 Å². The molecule has 1 N–H and O–H groups in total. The Kier molecular flexibility index (Phi) is 6.73. The van der Waals surface area contributed by atoms with Gasteiger partial charge in [-0.05, 0) is 74.7 Å². The normalized spacial score (nSPS) is 12.9. The molecule has 0 radical (unpaired) electrons. The summed E-state index contributed by atoms with van der Waals surface area (Å²) in [5.41, 5.74) is 4.60. The number of aryl methyl sites for hydroxylation is 2. The molecule has 1 heterocycles. The monoisotopic (exact) mass is 457 g/mol. The van der Waals surface area contributed by atoms with E-state index in [1.165, 1.54) is 30.2 Å². The van der Waals surface area contributed by atoms with Gasteiger partial charge in [-0.1, -0.05) is 23.9 Å². The molecule has 2 aromatic carbocycles. The zero-order valence-electron chi connectivity index (χ0n) is 18.6. The van der Waals surface area contributed by atoms with Crippen molar-refractivity contribution < 1.29 is 13.2 Å². The molecule has 31 heavy (non-hydrogen) atoms. The Balaban J connectivity index is 1.83. The Labute approximate surface area is 188 Å². The van der Waals surface area contributed by atoms with E-state index in [4.69, 9.17) is 0 Å². The fraction of sp³-hybridized carbons (Fsp3) is 0.304. The number of sulfonamides is 1. The van der Waals surface area contributed by atoms with E-state index in [9.17, 15) is 13.2 Å². The molecule has 6 nitrogen and oxygen atoms in total. The minimum atomic E-state index is -3.51. The quantitative estimate of drug-likeness (QED) is 0.550. The highest BCUT2D eigenvalue weighted by atomic mass is 32.2. The molecular formula is C23H27N3O3S2. The number of thioether (sulfide) groups is 1. The van der Waals surface area contributed by atoms with Crippen LogP contribution in [0, 0.1) is 20.8 Å². The van der Waals surface area contributed by atoms with Gasteiger partial charge in [-0.3, -0.25) is 4.79 Å². The van der Waals surface area contributed by atoms with Crippen LogP contribution in [-0.2, 0) is 14.8 Å². The molecule has 164 valence electrons. The van der Waals surface area contributed by atoms with Crippen molar-refractivity contribution in [2.24, 2.45) is 0 Å². The molecule has 0 saturated heterocycles. The van der Waals surface area contributed by atoms with Crippen molar-refractivity contribution in [3.05, 3.63) is 59.2 Å². The van der Waals surface area contributed by atoms with Crippen LogP contribution in [0.5, 0.6) is 0 Å². The number of anilines is 1. The highest BCUT2D eigenvalue weighted by Crippen LogP contribution is 2.29. The second-order valence-electron chi connectivity index (χ2n) is 7.74. The predicted molar refractivity (Wildman–Crippen MR) is 127 cm³/mol. The number of fused-ring (bicyclic) bond motifs is 1. The van der Waals surface area contributed by atoms with E-state index in [2.05, 4.69) is 10.3 Å². The van der Waals surface area contributed by atoms with Gasteiger partial charge >= 0.3 is 0 Å². The first-order valence-corrected chi connectivity index (χ1v) is 12.2. The van der Waals surface area contributed by atoms with E-state index in [1.54, 1.807) is 18.2 Å². The van der Waals surface area contributed by atoms with Crippen LogP contribution in [0.3, 0.4) is 0 Å². The number of rotatable bonds is 6. The molecule has 3 aromatic rings. The fourth-order valence-corrected chi connectivity index (χ4v) is 4.98. The Bertz CT molecular complexity index is 1250. The second-order valence-corrected chi connectivity index (χ2v) is 11.3. The van der Waals surface area contributed by atoms with Gasteiger partial charge in [0, 0.05) is 25.2 Å². The number of carbonyl (C=O) groups is 1. The lowest BCUT2D eigenvalue weighted by Gasteiger charge is -2.15. The van der Waals surface area contributed by atoms with Crippen molar-refractivity contribution in [2.75, 3.05) is 19.4 Å². The summed E-state index contributed by atoms with van der Waals surface area (Å²) in [5, 5.41) is 4.15. The highest BCUT2D eigenvalue weighted by molar-refractivity contribution is 8.00. The van der Waals surface area contributed by atoms with Crippen molar-refractivity contribution in [3.8, 4) is 0 Å². The van der Waals surface area contributed by atoms with Gasteiger partial charge in [0.1, 0.15) is 0 Å². The summed E-state index contributed by atoms with van der Waals surface area (Å²) in [6.45, 7) is 7.77. The molecule has 0 spiro atoms. The number of nitrogens with one attached hydrogen (secondary N) is 1. The lowest BCUT2D eigenvalue weighted by Crippen LogP contribution is -2.23. The van der Waals surface area contributed by atoms with Gasteiger partial charge in [0.25, 0.3) is 0 Å². The second kappa shape index (κ2) is 8.98. The van der Waals surface area contributed by atoms with E-state index >= 15 is 0 Å². The minimum Gasteiger partial charge on any atom is -0.325 e. The first-order valence-electron chi connectivity index (χ1n) is 9.88. The number of amides is 1.